The van der Waals surface area contributed by atoms with Crippen LogP contribution in [0.3, 0.4) is 0 Å². The van der Waals surface area contributed by atoms with Gasteiger partial charge in [-0.1, -0.05) is 71.1 Å². The molecule has 0 amide bonds. The van der Waals surface area contributed by atoms with Crippen LogP contribution < -0.4 is 0 Å². The summed E-state index contributed by atoms with van der Waals surface area (Å²) in [4.78, 5) is 2.07. The van der Waals surface area contributed by atoms with Gasteiger partial charge in [-0.3, -0.25) is 9.11 Å². The van der Waals surface area contributed by atoms with Crippen LogP contribution >= 0.6 is 0 Å². The highest BCUT2D eigenvalue weighted by molar-refractivity contribution is 7.86. The van der Waals surface area contributed by atoms with Crippen molar-refractivity contribution in [2.75, 3.05) is 24.6 Å². The molecule has 6 atom stereocenters. The highest BCUT2D eigenvalue weighted by Crippen LogP contribution is 2.45. The van der Waals surface area contributed by atoms with E-state index in [1.807, 2.05) is 12.2 Å². The average Bonchev–Trinajstić information content (AvgIpc) is 3.58. The number of allylic oxidation sites excluding steroid dienone is 2. The maximum Gasteiger partial charge on any atom is 0.363 e. The van der Waals surface area contributed by atoms with Gasteiger partial charge in [0.15, 0.2) is 24.6 Å². The Labute approximate surface area is 282 Å². The van der Waals surface area contributed by atoms with Gasteiger partial charge in [-0.15, -0.1) is 0 Å². The minimum atomic E-state index is -4.15. The SMILES string of the molecule is CCC(=CC1=[N+](CCS(=O)(=O)O)C2CC(C3CCCCC3)CCC2O1)C=C1OC2CCC(C3CCCCC3)CC2N1CCS(=O)(=O)O. The van der Waals surface area contributed by atoms with E-state index in [0.29, 0.717) is 30.0 Å². The van der Waals surface area contributed by atoms with Gasteiger partial charge in [-0.25, -0.2) is 0 Å². The standard InChI is InChI=1S/C35H56N2O8S2/c1-2-25(21-34-36(17-19-46(38,39)40)30-23-28(13-15-32(30)44-34)26-9-5-3-6-10-26)22-35-37(18-20-47(41,42)43)31-24-29(14-16-33(31)45-35)27-11-7-4-8-12-27/h21-22,26-33H,2-20,23-24H2,1H3,(H-,38,39,40,41,42,43)/p+1. The molecule has 0 aromatic heterocycles. The summed E-state index contributed by atoms with van der Waals surface area (Å²) in [6, 6.07) is 0.144. The largest absolute Gasteiger partial charge is 0.474 e. The summed E-state index contributed by atoms with van der Waals surface area (Å²) >= 11 is 0. The molecule has 5 fully saturated rings. The Kier molecular flexibility index (Phi) is 11.3. The number of fused-ring (bicyclic) bond motifs is 2. The molecule has 0 bridgehead atoms. The van der Waals surface area contributed by atoms with Gasteiger partial charge in [0.25, 0.3) is 20.2 Å². The topological polar surface area (TPSA) is 133 Å². The molecule has 47 heavy (non-hydrogen) atoms. The van der Waals surface area contributed by atoms with Crippen LogP contribution in [0.25, 0.3) is 0 Å². The van der Waals surface area contributed by atoms with Crippen molar-refractivity contribution in [3.05, 3.63) is 23.6 Å². The van der Waals surface area contributed by atoms with Crippen molar-refractivity contribution in [3.63, 3.8) is 0 Å². The van der Waals surface area contributed by atoms with Gasteiger partial charge in [-0.2, -0.15) is 21.4 Å². The Balaban J connectivity index is 1.26. The third-order valence-corrected chi connectivity index (χ3v) is 13.7. The quantitative estimate of drug-likeness (QED) is 0.199. The van der Waals surface area contributed by atoms with Gasteiger partial charge in [0.05, 0.1) is 17.9 Å². The summed E-state index contributed by atoms with van der Waals surface area (Å²) in [5.74, 6) is 3.22. The van der Waals surface area contributed by atoms with E-state index in [0.717, 1.165) is 55.9 Å². The van der Waals surface area contributed by atoms with Crippen molar-refractivity contribution in [1.29, 1.82) is 0 Å². The van der Waals surface area contributed by atoms with Crippen LogP contribution in [0.2, 0.25) is 0 Å². The van der Waals surface area contributed by atoms with Gasteiger partial charge in [0.1, 0.15) is 11.9 Å². The van der Waals surface area contributed by atoms with Gasteiger partial charge >= 0.3 is 5.90 Å². The fourth-order valence-electron chi connectivity index (χ4n) is 9.85. The first kappa shape index (κ1) is 35.2. The van der Waals surface area contributed by atoms with E-state index in [1.165, 1.54) is 64.2 Å². The number of nitrogens with zero attached hydrogens (tertiary/aromatic N) is 2. The maximum absolute atomic E-state index is 11.9. The molecule has 4 saturated carbocycles. The Morgan fingerprint density at radius 1 is 0.766 bits per heavy atom. The second-order valence-corrected chi connectivity index (χ2v) is 18.4. The van der Waals surface area contributed by atoms with Gasteiger partial charge < -0.3 is 14.4 Å². The molecule has 6 aliphatic rings. The fourth-order valence-corrected chi connectivity index (χ4v) is 10.7. The molecule has 0 aromatic rings. The molecule has 0 radical (unpaired) electrons. The van der Waals surface area contributed by atoms with E-state index < -0.39 is 20.2 Å². The zero-order valence-electron chi connectivity index (χ0n) is 28.2. The molecule has 2 aliphatic heterocycles. The predicted molar refractivity (Wildman–Crippen MR) is 181 cm³/mol. The maximum atomic E-state index is 11.9. The first-order chi connectivity index (χ1) is 22.5. The van der Waals surface area contributed by atoms with Gasteiger partial charge in [0, 0.05) is 19.0 Å². The summed E-state index contributed by atoms with van der Waals surface area (Å²) in [6.07, 6.45) is 23.6. The van der Waals surface area contributed by atoms with Gasteiger partial charge in [0.2, 0.25) is 0 Å². The monoisotopic (exact) mass is 697 g/mol. The number of hydrogen-bond donors (Lipinski definition) is 2. The number of hydrogen-bond acceptors (Lipinski definition) is 7. The first-order valence-electron chi connectivity index (χ1n) is 18.5. The number of rotatable bonds is 11. The number of ether oxygens (including phenoxy) is 2. The molecule has 6 rings (SSSR count). The van der Waals surface area contributed by atoms with Crippen LogP contribution in [0, 0.1) is 23.7 Å². The summed E-state index contributed by atoms with van der Waals surface area (Å²) in [7, 11) is -8.30. The second kappa shape index (κ2) is 15.1. The highest BCUT2D eigenvalue weighted by Gasteiger charge is 2.49. The molecule has 266 valence electrons. The molecule has 0 aromatic carbocycles. The van der Waals surface area contributed by atoms with Crippen molar-refractivity contribution in [3.8, 4) is 0 Å². The second-order valence-electron chi connectivity index (χ2n) is 15.2. The van der Waals surface area contributed by atoms with Crippen LogP contribution in [-0.4, -0.2) is 90.2 Å². The molecule has 2 N–H and O–H groups in total. The highest BCUT2D eigenvalue weighted by atomic mass is 32.2. The molecule has 10 nitrogen and oxygen atoms in total. The van der Waals surface area contributed by atoms with Crippen molar-refractivity contribution in [2.45, 2.75) is 140 Å². The molecular weight excluding hydrogens is 641 g/mol. The summed E-state index contributed by atoms with van der Waals surface area (Å²) in [5, 5.41) is 0. The van der Waals surface area contributed by atoms with Crippen LogP contribution in [0.1, 0.15) is 116 Å². The Morgan fingerprint density at radius 2 is 1.36 bits per heavy atom. The van der Waals surface area contributed by atoms with E-state index >= 15 is 0 Å². The zero-order chi connectivity index (χ0) is 33.2. The minimum Gasteiger partial charge on any atom is -0.474 e. The average molecular weight is 698 g/mol. The van der Waals surface area contributed by atoms with E-state index in [1.54, 1.807) is 0 Å². The summed E-state index contributed by atoms with van der Waals surface area (Å²) in [5.41, 5.74) is 0.939. The molecule has 4 aliphatic carbocycles. The molecule has 2 heterocycles. The van der Waals surface area contributed by atoms with Crippen LogP contribution in [0.4, 0.5) is 0 Å². The smallest absolute Gasteiger partial charge is 0.363 e. The van der Waals surface area contributed by atoms with Crippen LogP contribution in [0.15, 0.2) is 23.6 Å². The Bertz CT molecular complexity index is 1410. The summed E-state index contributed by atoms with van der Waals surface area (Å²) in [6.45, 7) is 2.39. The summed E-state index contributed by atoms with van der Waals surface area (Å²) < 4.78 is 82.0. The zero-order valence-corrected chi connectivity index (χ0v) is 29.8. The molecule has 6 unspecified atom stereocenters. The predicted octanol–water partition coefficient (Wildman–Crippen LogP) is 5.95. The molecule has 1 saturated heterocycles. The van der Waals surface area contributed by atoms with E-state index in [4.69, 9.17) is 9.47 Å². The Hall–Kier alpha value is -1.63. The lowest BCUT2D eigenvalue weighted by atomic mass is 9.71. The molecule has 12 heteroatoms. The third kappa shape index (κ3) is 8.94. The van der Waals surface area contributed by atoms with Crippen LogP contribution in [0.5, 0.6) is 0 Å². The van der Waals surface area contributed by atoms with Crippen molar-refractivity contribution in [2.24, 2.45) is 23.7 Å². The van der Waals surface area contributed by atoms with Crippen molar-refractivity contribution in [1.82, 2.24) is 4.90 Å². The third-order valence-electron chi connectivity index (χ3n) is 12.3. The van der Waals surface area contributed by atoms with Crippen molar-refractivity contribution < 1.29 is 40.0 Å². The normalized spacial score (nSPS) is 33.9. The van der Waals surface area contributed by atoms with Crippen molar-refractivity contribution >= 4 is 26.1 Å². The van der Waals surface area contributed by atoms with E-state index in [-0.39, 0.29) is 48.9 Å². The fraction of sp³-hybridized carbons (Fsp3) is 0.857. The molecule has 0 spiro atoms. The first-order valence-corrected chi connectivity index (χ1v) is 21.8. The minimum absolute atomic E-state index is 0.0122. The lowest BCUT2D eigenvalue weighted by molar-refractivity contribution is -0.559. The van der Waals surface area contributed by atoms with E-state index in [2.05, 4.69) is 16.4 Å². The van der Waals surface area contributed by atoms with E-state index in [9.17, 15) is 25.9 Å². The Morgan fingerprint density at radius 3 is 1.96 bits per heavy atom. The lowest BCUT2D eigenvalue weighted by Gasteiger charge is -2.39. The lowest BCUT2D eigenvalue weighted by Crippen LogP contribution is -2.43. The molecular formula is C35H57N2O8S2+. The van der Waals surface area contributed by atoms with Gasteiger partial charge in [-0.05, 0) is 67.8 Å². The van der Waals surface area contributed by atoms with Crippen LogP contribution in [-0.2, 0) is 29.7 Å².